The van der Waals surface area contributed by atoms with Crippen molar-refractivity contribution in [2.24, 2.45) is 0 Å². The summed E-state index contributed by atoms with van der Waals surface area (Å²) in [6, 6.07) is 13.2. The van der Waals surface area contributed by atoms with Crippen molar-refractivity contribution in [1.82, 2.24) is 5.32 Å². The van der Waals surface area contributed by atoms with Gasteiger partial charge in [-0.25, -0.2) is 0 Å². The van der Waals surface area contributed by atoms with E-state index in [-0.39, 0.29) is 30.4 Å². The minimum absolute atomic E-state index is 0.0313. The fraction of sp³-hybridized carbons (Fsp3) is 0.167. The Morgan fingerprint density at radius 1 is 0.958 bits per heavy atom. The maximum absolute atomic E-state index is 12.0. The van der Waals surface area contributed by atoms with Crippen molar-refractivity contribution >= 4 is 34.9 Å². The molecule has 0 saturated heterocycles. The number of Topliss-reactive ketones (excluding diaryl/α,β-unsaturated/α-hetero) is 1. The van der Waals surface area contributed by atoms with Gasteiger partial charge < -0.3 is 10.6 Å². The van der Waals surface area contributed by atoms with Gasteiger partial charge in [-0.2, -0.15) is 0 Å². The summed E-state index contributed by atoms with van der Waals surface area (Å²) in [5.41, 5.74) is 1.30. The third kappa shape index (κ3) is 4.67. The maximum Gasteiger partial charge on any atom is 0.253 e. The zero-order valence-corrected chi connectivity index (χ0v) is 13.9. The molecule has 2 amide bonds. The summed E-state index contributed by atoms with van der Waals surface area (Å²) in [6.07, 6.45) is 0.110. The highest BCUT2D eigenvalue weighted by molar-refractivity contribution is 6.30. The van der Waals surface area contributed by atoms with E-state index >= 15 is 0 Å². The Balaban J connectivity index is 1.95. The molecule has 0 radical (unpaired) electrons. The van der Waals surface area contributed by atoms with E-state index in [1.165, 1.54) is 7.05 Å². The van der Waals surface area contributed by atoms with Gasteiger partial charge in [0.25, 0.3) is 5.91 Å². The van der Waals surface area contributed by atoms with Crippen LogP contribution in [0, 0.1) is 0 Å². The van der Waals surface area contributed by atoms with Crippen LogP contribution < -0.4 is 10.6 Å². The van der Waals surface area contributed by atoms with Crippen molar-refractivity contribution in [2.45, 2.75) is 12.8 Å². The monoisotopic (exact) mass is 344 g/mol. The number of carbonyl (C=O) groups excluding carboxylic acids is 3. The van der Waals surface area contributed by atoms with E-state index in [1.54, 1.807) is 48.5 Å². The van der Waals surface area contributed by atoms with Gasteiger partial charge in [0.2, 0.25) is 5.91 Å². The van der Waals surface area contributed by atoms with Crippen LogP contribution in [0.5, 0.6) is 0 Å². The van der Waals surface area contributed by atoms with Crippen LogP contribution in [-0.4, -0.2) is 24.6 Å². The van der Waals surface area contributed by atoms with E-state index < -0.39 is 0 Å². The number of para-hydroxylation sites is 1. The summed E-state index contributed by atoms with van der Waals surface area (Å²) in [5.74, 6) is -0.752. The molecule has 0 aliphatic rings. The first-order valence-corrected chi connectivity index (χ1v) is 7.79. The fourth-order valence-corrected chi connectivity index (χ4v) is 2.27. The standard InChI is InChI=1S/C18H17ClN2O3/c1-20-18(24)14-4-2-3-5-15(14)21-17(23)11-10-16(22)12-6-8-13(19)9-7-12/h2-9H,10-11H2,1H3,(H,20,24)(H,21,23). The van der Waals surface area contributed by atoms with Gasteiger partial charge in [0, 0.05) is 30.5 Å². The Morgan fingerprint density at radius 2 is 1.62 bits per heavy atom. The largest absolute Gasteiger partial charge is 0.355 e. The lowest BCUT2D eigenvalue weighted by atomic mass is 10.1. The van der Waals surface area contributed by atoms with Crippen molar-refractivity contribution < 1.29 is 14.4 Å². The molecule has 0 aliphatic carbocycles. The molecule has 5 nitrogen and oxygen atoms in total. The third-order valence-electron chi connectivity index (χ3n) is 3.42. The molecule has 0 fully saturated rings. The highest BCUT2D eigenvalue weighted by Gasteiger charge is 2.13. The maximum atomic E-state index is 12.0. The van der Waals surface area contributed by atoms with Crippen molar-refractivity contribution in [1.29, 1.82) is 0 Å². The van der Waals surface area contributed by atoms with E-state index in [1.807, 2.05) is 0 Å². The van der Waals surface area contributed by atoms with Crippen LogP contribution in [0.25, 0.3) is 0 Å². The highest BCUT2D eigenvalue weighted by Crippen LogP contribution is 2.16. The first-order valence-electron chi connectivity index (χ1n) is 7.41. The number of amides is 2. The van der Waals surface area contributed by atoms with Gasteiger partial charge in [0.1, 0.15) is 0 Å². The smallest absolute Gasteiger partial charge is 0.253 e. The number of carbonyl (C=O) groups is 3. The molecular weight excluding hydrogens is 328 g/mol. The number of halogens is 1. The molecular formula is C18H17ClN2O3. The molecule has 0 aliphatic heterocycles. The molecule has 2 rings (SSSR count). The second-order valence-corrected chi connectivity index (χ2v) is 5.54. The van der Waals surface area contributed by atoms with Crippen LogP contribution in [0.2, 0.25) is 5.02 Å². The average Bonchev–Trinajstić information content (AvgIpc) is 2.60. The van der Waals surface area contributed by atoms with Crippen LogP contribution in [0.15, 0.2) is 48.5 Å². The molecule has 0 unspecified atom stereocenters. The molecule has 2 aromatic carbocycles. The van der Waals surface area contributed by atoms with Crippen molar-refractivity contribution in [3.63, 3.8) is 0 Å². The van der Waals surface area contributed by atoms with Crippen LogP contribution in [0.1, 0.15) is 33.6 Å². The number of hydrogen-bond donors (Lipinski definition) is 2. The first kappa shape index (κ1) is 17.7. The van der Waals surface area contributed by atoms with E-state index in [4.69, 9.17) is 11.6 Å². The molecule has 2 aromatic rings. The molecule has 6 heteroatoms. The second kappa shape index (κ2) is 8.26. The summed E-state index contributed by atoms with van der Waals surface area (Å²) < 4.78 is 0. The summed E-state index contributed by atoms with van der Waals surface area (Å²) in [4.78, 5) is 35.9. The Labute approximate surface area is 145 Å². The van der Waals surface area contributed by atoms with E-state index in [0.29, 0.717) is 21.8 Å². The lowest BCUT2D eigenvalue weighted by Crippen LogP contribution is -2.21. The molecule has 124 valence electrons. The van der Waals surface area contributed by atoms with Gasteiger partial charge in [-0.05, 0) is 36.4 Å². The normalized spacial score (nSPS) is 10.1. The van der Waals surface area contributed by atoms with Gasteiger partial charge in [-0.1, -0.05) is 23.7 Å². The summed E-state index contributed by atoms with van der Waals surface area (Å²) in [7, 11) is 1.52. The van der Waals surface area contributed by atoms with Gasteiger partial charge in [0.15, 0.2) is 5.78 Å². The Hall–Kier alpha value is -2.66. The van der Waals surface area contributed by atoms with Gasteiger partial charge in [-0.3, -0.25) is 14.4 Å². The van der Waals surface area contributed by atoms with Gasteiger partial charge >= 0.3 is 0 Å². The average molecular weight is 345 g/mol. The zero-order valence-electron chi connectivity index (χ0n) is 13.1. The molecule has 0 spiro atoms. The molecule has 0 saturated carbocycles. The minimum Gasteiger partial charge on any atom is -0.355 e. The van der Waals surface area contributed by atoms with Gasteiger partial charge in [0.05, 0.1) is 11.3 Å². The number of anilines is 1. The molecule has 0 heterocycles. The molecule has 2 N–H and O–H groups in total. The van der Waals surface area contributed by atoms with Crippen LogP contribution in [0.4, 0.5) is 5.69 Å². The first-order chi connectivity index (χ1) is 11.5. The predicted octanol–water partition coefficient (Wildman–Crippen LogP) is 3.30. The Kier molecular flexibility index (Phi) is 6.09. The number of nitrogens with one attached hydrogen (secondary N) is 2. The minimum atomic E-state index is -0.325. The Morgan fingerprint density at radius 3 is 2.29 bits per heavy atom. The number of ketones is 1. The lowest BCUT2D eigenvalue weighted by Gasteiger charge is -2.10. The van der Waals surface area contributed by atoms with Crippen molar-refractivity contribution in [2.75, 3.05) is 12.4 Å². The van der Waals surface area contributed by atoms with Crippen LogP contribution in [-0.2, 0) is 4.79 Å². The fourth-order valence-electron chi connectivity index (χ4n) is 2.14. The Bertz CT molecular complexity index is 757. The van der Waals surface area contributed by atoms with E-state index in [0.717, 1.165) is 0 Å². The van der Waals surface area contributed by atoms with Crippen LogP contribution >= 0.6 is 11.6 Å². The summed E-state index contributed by atoms with van der Waals surface area (Å²) in [6.45, 7) is 0. The number of benzene rings is 2. The lowest BCUT2D eigenvalue weighted by molar-refractivity contribution is -0.116. The topological polar surface area (TPSA) is 75.3 Å². The predicted molar refractivity (Wildman–Crippen MR) is 93.5 cm³/mol. The van der Waals surface area contributed by atoms with E-state index in [2.05, 4.69) is 10.6 Å². The molecule has 0 atom stereocenters. The quantitative estimate of drug-likeness (QED) is 0.789. The SMILES string of the molecule is CNC(=O)c1ccccc1NC(=O)CCC(=O)c1ccc(Cl)cc1. The van der Waals surface area contributed by atoms with Crippen LogP contribution in [0.3, 0.4) is 0 Å². The van der Waals surface area contributed by atoms with Crippen molar-refractivity contribution in [3.05, 3.63) is 64.7 Å². The highest BCUT2D eigenvalue weighted by atomic mass is 35.5. The second-order valence-electron chi connectivity index (χ2n) is 5.10. The molecule has 0 bridgehead atoms. The molecule has 24 heavy (non-hydrogen) atoms. The summed E-state index contributed by atoms with van der Waals surface area (Å²) >= 11 is 5.78. The summed E-state index contributed by atoms with van der Waals surface area (Å²) in [5, 5.41) is 5.74. The number of rotatable bonds is 6. The van der Waals surface area contributed by atoms with E-state index in [9.17, 15) is 14.4 Å². The van der Waals surface area contributed by atoms with Crippen molar-refractivity contribution in [3.8, 4) is 0 Å². The molecule has 0 aromatic heterocycles. The third-order valence-corrected chi connectivity index (χ3v) is 3.67. The zero-order chi connectivity index (χ0) is 17.5. The number of hydrogen-bond acceptors (Lipinski definition) is 3. The van der Waals surface area contributed by atoms with Gasteiger partial charge in [-0.15, -0.1) is 0 Å².